The van der Waals surface area contributed by atoms with Gasteiger partial charge in [-0.25, -0.2) is 0 Å². The van der Waals surface area contributed by atoms with Gasteiger partial charge in [0.25, 0.3) is 0 Å². The van der Waals surface area contributed by atoms with Gasteiger partial charge in [0.2, 0.25) is 0 Å². The van der Waals surface area contributed by atoms with E-state index < -0.39 is 0 Å². The number of nitrogens with zero attached hydrogens (tertiary/aromatic N) is 1. The summed E-state index contributed by atoms with van der Waals surface area (Å²) in [5.41, 5.74) is 1.18. The normalized spacial score (nSPS) is 24.6. The van der Waals surface area contributed by atoms with Crippen LogP contribution in [0.5, 0.6) is 0 Å². The molecular weight excluding hydrogens is 318 g/mol. The van der Waals surface area contributed by atoms with Gasteiger partial charge in [-0.1, -0.05) is 54.0 Å². The predicted molar refractivity (Wildman–Crippen MR) is 95.8 cm³/mol. The highest BCUT2D eigenvalue weighted by molar-refractivity contribution is 8.27. The van der Waals surface area contributed by atoms with E-state index >= 15 is 0 Å². The third kappa shape index (κ3) is 2.47. The second-order valence-corrected chi connectivity index (χ2v) is 7.59. The smallest absolute Gasteiger partial charge is 0.181 e. The van der Waals surface area contributed by atoms with E-state index in [4.69, 9.17) is 12.2 Å². The van der Waals surface area contributed by atoms with Crippen LogP contribution >= 0.6 is 35.7 Å². The van der Waals surface area contributed by atoms with Crippen LogP contribution < -0.4 is 4.90 Å². The van der Waals surface area contributed by atoms with Gasteiger partial charge in [-0.05, 0) is 25.5 Å². The molecule has 21 heavy (non-hydrogen) atoms. The fourth-order valence-electron chi connectivity index (χ4n) is 2.52. The fourth-order valence-corrected chi connectivity index (χ4v) is 5.38. The second kappa shape index (κ2) is 5.99. The Kier molecular flexibility index (Phi) is 4.24. The number of carbonyl (C=O) groups excluding carboxylic acids is 1. The molecule has 2 aliphatic rings. The maximum atomic E-state index is 12.7. The summed E-state index contributed by atoms with van der Waals surface area (Å²) >= 11 is 8.52. The Bertz CT molecular complexity index is 665. The van der Waals surface area contributed by atoms with Gasteiger partial charge in [0.15, 0.2) is 5.78 Å². The highest BCUT2D eigenvalue weighted by Crippen LogP contribution is 2.51. The quantitative estimate of drug-likeness (QED) is 0.455. The number of fused-ring (bicyclic) bond motifs is 1. The van der Waals surface area contributed by atoms with E-state index in [1.807, 2.05) is 12.1 Å². The molecule has 108 valence electrons. The summed E-state index contributed by atoms with van der Waals surface area (Å²) in [6, 6.07) is 8.26. The third-order valence-corrected chi connectivity index (χ3v) is 6.48. The molecule has 0 aliphatic carbocycles. The molecule has 0 aromatic heterocycles. The Morgan fingerprint density at radius 3 is 2.86 bits per heavy atom. The number of rotatable bonds is 3. The van der Waals surface area contributed by atoms with Gasteiger partial charge in [0, 0.05) is 11.4 Å². The first-order valence-electron chi connectivity index (χ1n) is 6.82. The van der Waals surface area contributed by atoms with E-state index in [0.29, 0.717) is 6.42 Å². The number of thioether (sulfide) groups is 2. The number of carbonyl (C=O) groups is 1. The number of benzene rings is 1. The minimum Gasteiger partial charge on any atom is -0.334 e. The van der Waals surface area contributed by atoms with Gasteiger partial charge in [0.1, 0.15) is 0 Å². The zero-order valence-electron chi connectivity index (χ0n) is 11.7. The van der Waals surface area contributed by atoms with Crippen LogP contribution in [0.2, 0.25) is 0 Å². The first-order chi connectivity index (χ1) is 10.2. The van der Waals surface area contributed by atoms with Crippen molar-refractivity contribution in [3.8, 4) is 0 Å². The van der Waals surface area contributed by atoms with E-state index in [1.165, 1.54) is 22.3 Å². The summed E-state index contributed by atoms with van der Waals surface area (Å²) in [6.07, 6.45) is 2.41. The first kappa shape index (κ1) is 14.9. The zero-order chi connectivity index (χ0) is 15.0. The molecule has 1 fully saturated rings. The minimum absolute atomic E-state index is 0.152. The number of thiocarbonyl (C=S) groups is 1. The molecule has 0 spiro atoms. The van der Waals surface area contributed by atoms with E-state index in [9.17, 15) is 4.79 Å². The van der Waals surface area contributed by atoms with Crippen molar-refractivity contribution in [3.63, 3.8) is 0 Å². The monoisotopic (exact) mass is 333 g/mol. The molecule has 0 bridgehead atoms. The number of ketones is 1. The van der Waals surface area contributed by atoms with Crippen LogP contribution in [0.3, 0.4) is 0 Å². The van der Waals surface area contributed by atoms with Crippen LogP contribution in [0, 0.1) is 5.92 Å². The van der Waals surface area contributed by atoms with Crippen molar-refractivity contribution in [1.29, 1.82) is 0 Å². The fraction of sp³-hybridized carbons (Fsp3) is 0.250. The molecule has 0 unspecified atom stereocenters. The van der Waals surface area contributed by atoms with Crippen molar-refractivity contribution in [3.05, 3.63) is 46.9 Å². The van der Waals surface area contributed by atoms with E-state index in [2.05, 4.69) is 30.5 Å². The number of hydrogen-bond donors (Lipinski definition) is 0. The van der Waals surface area contributed by atoms with E-state index in [0.717, 1.165) is 20.7 Å². The molecule has 1 aromatic carbocycles. The lowest BCUT2D eigenvalue weighted by Gasteiger charge is -2.19. The van der Waals surface area contributed by atoms with Gasteiger partial charge < -0.3 is 4.90 Å². The molecule has 2 nitrogen and oxygen atoms in total. The molecule has 0 N–H and O–H groups in total. The number of anilines is 1. The van der Waals surface area contributed by atoms with Gasteiger partial charge in [-0.15, -0.1) is 6.58 Å². The van der Waals surface area contributed by atoms with Crippen molar-refractivity contribution >= 4 is 51.4 Å². The topological polar surface area (TPSA) is 20.3 Å². The Labute approximate surface area is 138 Å². The lowest BCUT2D eigenvalue weighted by molar-refractivity contribution is -0.116. The van der Waals surface area contributed by atoms with E-state index in [1.54, 1.807) is 17.8 Å². The molecule has 1 atom stereocenters. The molecule has 3 rings (SSSR count). The van der Waals surface area contributed by atoms with Gasteiger partial charge >= 0.3 is 0 Å². The Morgan fingerprint density at radius 1 is 1.38 bits per heavy atom. The van der Waals surface area contributed by atoms with Gasteiger partial charge in [-0.2, -0.15) is 0 Å². The average molecular weight is 334 g/mol. The van der Waals surface area contributed by atoms with Crippen molar-refractivity contribution in [1.82, 2.24) is 0 Å². The SMILES string of the molecule is C=CC[C@@H]1C(=O)C(=C2Sc3ccccc3N2CC)SC1=S. The highest BCUT2D eigenvalue weighted by Gasteiger charge is 2.39. The zero-order valence-corrected chi connectivity index (χ0v) is 14.1. The maximum Gasteiger partial charge on any atom is 0.181 e. The summed E-state index contributed by atoms with van der Waals surface area (Å²) in [6.45, 7) is 6.67. The lowest BCUT2D eigenvalue weighted by Crippen LogP contribution is -2.20. The summed E-state index contributed by atoms with van der Waals surface area (Å²) in [7, 11) is 0. The highest BCUT2D eigenvalue weighted by atomic mass is 32.2. The van der Waals surface area contributed by atoms with E-state index in [-0.39, 0.29) is 11.7 Å². The molecule has 1 saturated heterocycles. The van der Waals surface area contributed by atoms with Gasteiger partial charge in [-0.3, -0.25) is 4.79 Å². The van der Waals surface area contributed by atoms with Crippen LogP contribution in [0.1, 0.15) is 13.3 Å². The van der Waals surface area contributed by atoms with Gasteiger partial charge in [0.05, 0.1) is 25.7 Å². The molecule has 2 heterocycles. The van der Waals surface area contributed by atoms with Crippen LogP contribution in [-0.4, -0.2) is 16.5 Å². The number of allylic oxidation sites excluding steroid dienone is 2. The molecule has 5 heteroatoms. The van der Waals surface area contributed by atoms with Crippen molar-refractivity contribution in [2.24, 2.45) is 5.92 Å². The Morgan fingerprint density at radius 2 is 2.14 bits per heavy atom. The summed E-state index contributed by atoms with van der Waals surface area (Å²) < 4.78 is 0.773. The standard InChI is InChI=1S/C16H15NOS3/c1-3-7-10-13(18)14(21-16(10)19)15-17(4-2)11-8-5-6-9-12(11)20-15/h3,5-6,8-10H,1,4,7H2,2H3/t10-/m1/s1. The van der Waals surface area contributed by atoms with Crippen molar-refractivity contribution in [2.45, 2.75) is 18.2 Å². The first-order valence-corrected chi connectivity index (χ1v) is 8.87. The van der Waals surface area contributed by atoms with Crippen LogP contribution in [0.4, 0.5) is 5.69 Å². The average Bonchev–Trinajstić information content (AvgIpc) is 2.99. The van der Waals surface area contributed by atoms with Crippen LogP contribution in [0.25, 0.3) is 0 Å². The molecule has 0 amide bonds. The molecule has 0 radical (unpaired) electrons. The van der Waals surface area contributed by atoms with Crippen molar-refractivity contribution in [2.75, 3.05) is 11.4 Å². The summed E-state index contributed by atoms with van der Waals surface area (Å²) in [5, 5.41) is 1.03. The lowest BCUT2D eigenvalue weighted by atomic mass is 10.0. The minimum atomic E-state index is -0.187. The molecule has 2 aliphatic heterocycles. The van der Waals surface area contributed by atoms with Crippen LogP contribution in [-0.2, 0) is 4.79 Å². The number of hydrogen-bond acceptors (Lipinski definition) is 5. The third-order valence-electron chi connectivity index (χ3n) is 3.55. The number of Topliss-reactive ketones (excluding diaryl/α,β-unsaturated/α-hetero) is 1. The maximum absolute atomic E-state index is 12.7. The number of para-hydroxylation sites is 1. The Hall–Kier alpha value is -1.04. The largest absolute Gasteiger partial charge is 0.334 e. The summed E-state index contributed by atoms with van der Waals surface area (Å²) in [4.78, 5) is 16.9. The van der Waals surface area contributed by atoms with Crippen LogP contribution in [0.15, 0.2) is 51.8 Å². The van der Waals surface area contributed by atoms with Crippen molar-refractivity contribution < 1.29 is 4.79 Å². The Balaban J connectivity index is 2.03. The predicted octanol–water partition coefficient (Wildman–Crippen LogP) is 4.62. The second-order valence-electron chi connectivity index (χ2n) is 4.81. The molecular formula is C16H15NOS3. The summed E-state index contributed by atoms with van der Waals surface area (Å²) in [5.74, 6) is -0.0355. The molecule has 0 saturated carbocycles. The molecule has 1 aromatic rings.